The summed E-state index contributed by atoms with van der Waals surface area (Å²) in [4.78, 5) is 0. The van der Waals surface area contributed by atoms with E-state index in [1.165, 1.54) is 44.5 Å². The number of hydrogen-bond acceptors (Lipinski definition) is 2. The number of hydrogen-bond donors (Lipinski definition) is 0. The van der Waals surface area contributed by atoms with Gasteiger partial charge in [-0.25, -0.2) is 0 Å². The van der Waals surface area contributed by atoms with Crippen molar-refractivity contribution in [3.63, 3.8) is 0 Å². The Labute approximate surface area is 370 Å². The third-order valence-corrected chi connectivity index (χ3v) is 14.8. The molecule has 4 aromatic heterocycles. The fourth-order valence-corrected chi connectivity index (χ4v) is 11.7. The van der Waals surface area contributed by atoms with E-state index < -0.39 is 0 Å². The van der Waals surface area contributed by atoms with Crippen LogP contribution in [0.2, 0.25) is 0 Å². The summed E-state index contributed by atoms with van der Waals surface area (Å²) in [5.41, 5.74) is 22.4. The molecule has 304 valence electrons. The maximum Gasteiger partial charge on any atom is 0.144 e. The quantitative estimate of drug-likeness (QED) is 0.177. The Kier molecular flexibility index (Phi) is 6.94. The minimum absolute atomic E-state index is 0.171. The maximum atomic E-state index is 6.81. The van der Waals surface area contributed by atoms with E-state index in [4.69, 9.17) is 8.83 Å². The van der Waals surface area contributed by atoms with Crippen LogP contribution in [0.15, 0.2) is 191 Å². The Morgan fingerprint density at radius 3 is 1.17 bits per heavy atom. The summed E-state index contributed by atoms with van der Waals surface area (Å²) < 4.78 is 18.6. The number of fused-ring (bicyclic) bond motifs is 13. The van der Waals surface area contributed by atoms with Crippen molar-refractivity contribution in [3.05, 3.63) is 204 Å². The Balaban J connectivity index is 1.10. The molecule has 64 heavy (non-hydrogen) atoms. The molecular formula is C60H42N2O2. The van der Waals surface area contributed by atoms with Crippen LogP contribution in [0.25, 0.3) is 111 Å². The zero-order valence-corrected chi connectivity index (χ0v) is 36.0. The highest BCUT2D eigenvalue weighted by atomic mass is 16.3. The topological polar surface area (TPSA) is 36.1 Å². The first-order valence-electron chi connectivity index (χ1n) is 22.3. The number of furan rings is 2. The van der Waals surface area contributed by atoms with Crippen LogP contribution in [-0.4, -0.2) is 9.13 Å². The van der Waals surface area contributed by atoms with Crippen LogP contribution < -0.4 is 0 Å². The number of para-hydroxylation sites is 4. The molecule has 0 atom stereocenters. The van der Waals surface area contributed by atoms with Crippen molar-refractivity contribution in [3.8, 4) is 56.1 Å². The van der Waals surface area contributed by atoms with Crippen molar-refractivity contribution in [2.24, 2.45) is 0 Å². The Morgan fingerprint density at radius 2 is 0.703 bits per heavy atom. The fraction of sp³-hybridized carbons (Fsp3) is 0.100. The second-order valence-corrected chi connectivity index (χ2v) is 18.9. The third kappa shape index (κ3) is 4.62. The number of nitrogens with zero attached hydrogens (tertiary/aromatic N) is 2. The minimum Gasteiger partial charge on any atom is -0.455 e. The van der Waals surface area contributed by atoms with E-state index in [1.54, 1.807) is 0 Å². The van der Waals surface area contributed by atoms with E-state index in [0.29, 0.717) is 0 Å². The highest BCUT2D eigenvalue weighted by molar-refractivity contribution is 6.12. The Bertz CT molecular complexity index is 3710. The van der Waals surface area contributed by atoms with Crippen molar-refractivity contribution in [2.45, 2.75) is 38.5 Å². The average Bonchev–Trinajstić information content (AvgIpc) is 4.16. The molecule has 12 aromatic rings. The zero-order valence-electron chi connectivity index (χ0n) is 36.0. The number of aromatic nitrogens is 2. The van der Waals surface area contributed by atoms with Gasteiger partial charge in [-0.1, -0.05) is 149 Å². The molecule has 0 saturated carbocycles. The Hall–Kier alpha value is -7.82. The predicted octanol–water partition coefficient (Wildman–Crippen LogP) is 16.2. The molecule has 4 heteroatoms. The van der Waals surface area contributed by atoms with Gasteiger partial charge in [-0.15, -0.1) is 0 Å². The molecule has 8 aromatic carbocycles. The van der Waals surface area contributed by atoms with Gasteiger partial charge in [0.15, 0.2) is 0 Å². The molecule has 0 bridgehead atoms. The molecule has 0 spiro atoms. The highest BCUT2D eigenvalue weighted by Crippen LogP contribution is 2.52. The second kappa shape index (κ2) is 12.4. The number of benzene rings is 8. The molecule has 0 aliphatic heterocycles. The first-order valence-corrected chi connectivity index (χ1v) is 22.3. The van der Waals surface area contributed by atoms with E-state index in [1.807, 2.05) is 0 Å². The summed E-state index contributed by atoms with van der Waals surface area (Å²) in [6.45, 7) is 9.44. The van der Waals surface area contributed by atoms with E-state index in [2.05, 4.69) is 219 Å². The van der Waals surface area contributed by atoms with Gasteiger partial charge in [-0.2, -0.15) is 0 Å². The standard InChI is InChI=1S/C60H42N2O2/c1-59(2)47-23-9-5-15-37(47)39-29-27-35(31-49(39)59)61-51(45-21-13-19-43-41-17-7-11-25-55(41)63-57(43)45)33-54-53(61)34-52(46-22-14-20-44-42-18-8-12-26-56(42)64-58(44)46)62(54)36-28-30-40-38-16-6-10-24-48(38)60(3,4)50(40)32-36/h5-34H,1-4H3. The third-order valence-electron chi connectivity index (χ3n) is 14.8. The summed E-state index contributed by atoms with van der Waals surface area (Å²) in [6, 6.07) is 66.6. The van der Waals surface area contributed by atoms with Gasteiger partial charge in [0.05, 0.1) is 22.4 Å². The zero-order chi connectivity index (χ0) is 42.6. The van der Waals surface area contributed by atoms with E-state index >= 15 is 0 Å². The molecule has 0 N–H and O–H groups in total. The van der Waals surface area contributed by atoms with Crippen molar-refractivity contribution in [1.82, 2.24) is 9.13 Å². The van der Waals surface area contributed by atoms with Gasteiger partial charge in [0.2, 0.25) is 0 Å². The van der Waals surface area contributed by atoms with Gasteiger partial charge in [-0.3, -0.25) is 0 Å². The lowest BCUT2D eigenvalue weighted by Gasteiger charge is -2.22. The molecule has 0 fully saturated rings. The first kappa shape index (κ1) is 35.7. The highest BCUT2D eigenvalue weighted by Gasteiger charge is 2.37. The van der Waals surface area contributed by atoms with Gasteiger partial charge in [-0.05, 0) is 105 Å². The SMILES string of the molecule is CC1(C)c2ccccc2-c2ccc(-n3c(-c4cccc5c4oc4ccccc45)cc4c3cc(-c3cccc5c3oc3ccccc35)n4-c3ccc4c(c3)C(C)(C)c3ccccc3-4)cc21. The lowest BCUT2D eigenvalue weighted by atomic mass is 9.82. The van der Waals surface area contributed by atoms with Crippen LogP contribution in [0.4, 0.5) is 0 Å². The second-order valence-electron chi connectivity index (χ2n) is 18.9. The van der Waals surface area contributed by atoms with Crippen molar-refractivity contribution >= 4 is 54.9 Å². The van der Waals surface area contributed by atoms with Crippen molar-refractivity contribution in [2.75, 3.05) is 0 Å². The molecule has 4 heterocycles. The van der Waals surface area contributed by atoms with Crippen LogP contribution in [-0.2, 0) is 10.8 Å². The van der Waals surface area contributed by atoms with E-state index in [0.717, 1.165) is 88.8 Å². The Morgan fingerprint density at radius 1 is 0.328 bits per heavy atom. The lowest BCUT2D eigenvalue weighted by Crippen LogP contribution is -2.15. The van der Waals surface area contributed by atoms with E-state index in [-0.39, 0.29) is 10.8 Å². The van der Waals surface area contributed by atoms with Gasteiger partial charge < -0.3 is 18.0 Å². The molecule has 14 rings (SSSR count). The van der Waals surface area contributed by atoms with Crippen LogP contribution in [0, 0.1) is 0 Å². The average molecular weight is 823 g/mol. The normalized spacial score (nSPS) is 14.5. The smallest absolute Gasteiger partial charge is 0.144 e. The van der Waals surface area contributed by atoms with Gasteiger partial charge >= 0.3 is 0 Å². The van der Waals surface area contributed by atoms with Gasteiger partial charge in [0.1, 0.15) is 22.3 Å². The van der Waals surface area contributed by atoms with Gasteiger partial charge in [0.25, 0.3) is 0 Å². The molecule has 4 nitrogen and oxygen atoms in total. The molecule has 0 unspecified atom stereocenters. The molecule has 2 aliphatic rings. The summed E-state index contributed by atoms with van der Waals surface area (Å²) >= 11 is 0. The monoisotopic (exact) mass is 822 g/mol. The summed E-state index contributed by atoms with van der Waals surface area (Å²) in [7, 11) is 0. The predicted molar refractivity (Wildman–Crippen MR) is 263 cm³/mol. The minimum atomic E-state index is -0.171. The summed E-state index contributed by atoms with van der Waals surface area (Å²) in [5.74, 6) is 0. The summed E-state index contributed by atoms with van der Waals surface area (Å²) in [5, 5.41) is 4.45. The molecule has 0 amide bonds. The van der Waals surface area contributed by atoms with Crippen LogP contribution in [0.3, 0.4) is 0 Å². The molecular weight excluding hydrogens is 781 g/mol. The van der Waals surface area contributed by atoms with Crippen molar-refractivity contribution in [1.29, 1.82) is 0 Å². The van der Waals surface area contributed by atoms with E-state index in [9.17, 15) is 0 Å². The molecule has 0 saturated heterocycles. The maximum absolute atomic E-state index is 6.81. The van der Waals surface area contributed by atoms with Crippen LogP contribution in [0.1, 0.15) is 49.9 Å². The number of rotatable bonds is 4. The molecule has 0 radical (unpaired) electrons. The fourth-order valence-electron chi connectivity index (χ4n) is 11.7. The first-order chi connectivity index (χ1) is 31.3. The van der Waals surface area contributed by atoms with Crippen molar-refractivity contribution < 1.29 is 8.83 Å². The lowest BCUT2D eigenvalue weighted by molar-refractivity contribution is 0.659. The molecule has 2 aliphatic carbocycles. The summed E-state index contributed by atoms with van der Waals surface area (Å²) in [6.07, 6.45) is 0. The van der Waals surface area contributed by atoms with Crippen LogP contribution in [0.5, 0.6) is 0 Å². The largest absolute Gasteiger partial charge is 0.455 e. The van der Waals surface area contributed by atoms with Crippen LogP contribution >= 0.6 is 0 Å². The van der Waals surface area contributed by atoms with Gasteiger partial charge in [0, 0.05) is 54.9 Å².